The van der Waals surface area contributed by atoms with Crippen LogP contribution >= 0.6 is 0 Å². The predicted molar refractivity (Wildman–Crippen MR) is 143 cm³/mol. The molecule has 0 N–H and O–H groups in total. The first kappa shape index (κ1) is 27.6. The predicted octanol–water partition coefficient (Wildman–Crippen LogP) is 5.26. The first-order chi connectivity index (χ1) is 19.1. The quantitative estimate of drug-likeness (QED) is 0.283. The van der Waals surface area contributed by atoms with Crippen LogP contribution in [0.2, 0.25) is 0 Å². The van der Waals surface area contributed by atoms with Gasteiger partial charge >= 0.3 is 11.9 Å². The molecule has 210 valence electrons. The van der Waals surface area contributed by atoms with Gasteiger partial charge < -0.3 is 28.4 Å². The zero-order chi connectivity index (χ0) is 27.0. The van der Waals surface area contributed by atoms with Crippen molar-refractivity contribution in [3.05, 3.63) is 65.2 Å². The van der Waals surface area contributed by atoms with Crippen molar-refractivity contribution in [1.29, 1.82) is 0 Å². The number of aryl methyl sites for hydroxylation is 1. The number of unbranched alkanes of at least 4 members (excludes halogenated alkanes) is 3. The van der Waals surface area contributed by atoms with Crippen LogP contribution < -0.4 is 4.74 Å². The molecule has 39 heavy (non-hydrogen) atoms. The number of benzene rings is 2. The van der Waals surface area contributed by atoms with Crippen molar-refractivity contribution >= 4 is 11.9 Å². The Kier molecular flexibility index (Phi) is 9.50. The van der Waals surface area contributed by atoms with Gasteiger partial charge in [-0.3, -0.25) is 0 Å². The smallest absolute Gasteiger partial charge is 0.338 e. The number of rotatable bonds is 11. The van der Waals surface area contributed by atoms with Crippen LogP contribution in [0.25, 0.3) is 0 Å². The topological polar surface area (TPSA) is 89.5 Å². The summed E-state index contributed by atoms with van der Waals surface area (Å²) in [4.78, 5) is 25.5. The van der Waals surface area contributed by atoms with Crippen molar-refractivity contribution < 1.29 is 38.0 Å². The van der Waals surface area contributed by atoms with E-state index in [1.165, 1.54) is 24.8 Å². The Balaban J connectivity index is 1.08. The first-order valence-corrected chi connectivity index (χ1v) is 14.2. The maximum atomic E-state index is 12.8. The van der Waals surface area contributed by atoms with Gasteiger partial charge in [0.05, 0.1) is 30.9 Å². The number of ether oxygens (including phenoxy) is 6. The highest BCUT2D eigenvalue weighted by atomic mass is 16.7. The summed E-state index contributed by atoms with van der Waals surface area (Å²) in [7, 11) is 0. The highest BCUT2D eigenvalue weighted by Crippen LogP contribution is 2.32. The summed E-state index contributed by atoms with van der Waals surface area (Å²) in [5.74, 6) is -0.233. The fourth-order valence-corrected chi connectivity index (χ4v) is 5.23. The molecule has 2 aromatic carbocycles. The average molecular weight is 539 g/mol. The molecule has 3 aliphatic rings. The van der Waals surface area contributed by atoms with Crippen molar-refractivity contribution in [3.8, 4) is 5.75 Å². The third-order valence-electron chi connectivity index (χ3n) is 7.48. The van der Waals surface area contributed by atoms with Gasteiger partial charge in [0, 0.05) is 6.42 Å². The van der Waals surface area contributed by atoms with E-state index in [0.29, 0.717) is 23.5 Å². The number of hydrogen-bond donors (Lipinski definition) is 0. The zero-order valence-electron chi connectivity index (χ0n) is 22.5. The van der Waals surface area contributed by atoms with E-state index in [1.807, 2.05) is 24.3 Å². The van der Waals surface area contributed by atoms with Gasteiger partial charge in [-0.15, -0.1) is 0 Å². The van der Waals surface area contributed by atoms with Crippen molar-refractivity contribution in [3.63, 3.8) is 0 Å². The van der Waals surface area contributed by atoms with Gasteiger partial charge in [-0.05, 0) is 67.6 Å². The largest absolute Gasteiger partial charge is 0.465 e. The van der Waals surface area contributed by atoms with E-state index in [4.69, 9.17) is 28.4 Å². The molecule has 0 radical (unpaired) electrons. The first-order valence-electron chi connectivity index (χ1n) is 14.2. The van der Waals surface area contributed by atoms with Crippen LogP contribution in [0.15, 0.2) is 48.5 Å². The summed E-state index contributed by atoms with van der Waals surface area (Å²) in [6.45, 7) is 3.28. The van der Waals surface area contributed by atoms with E-state index in [2.05, 4.69) is 6.92 Å². The third kappa shape index (κ3) is 7.18. The van der Waals surface area contributed by atoms with Crippen LogP contribution in [0.3, 0.4) is 0 Å². The summed E-state index contributed by atoms with van der Waals surface area (Å²) in [5.41, 5.74) is 2.13. The normalized spacial score (nSPS) is 26.1. The summed E-state index contributed by atoms with van der Waals surface area (Å²) in [6, 6.07) is 14.4. The molecule has 0 aliphatic carbocycles. The van der Waals surface area contributed by atoms with Crippen LogP contribution in [0.4, 0.5) is 0 Å². The van der Waals surface area contributed by atoms with E-state index < -0.39 is 36.4 Å². The summed E-state index contributed by atoms with van der Waals surface area (Å²) in [6.07, 6.45) is 6.49. The second-order valence-electron chi connectivity index (χ2n) is 10.4. The standard InChI is InChI=1S/C31H38O8/c1-2-3-4-5-8-21-10-12-22(13-11-21)30(32)38-25-19-35-29-26(20-36-28(25)29)39-31(33)23-14-16-24(17-15-23)37-27-9-6-7-18-34-27/h10-17,25-29H,2-9,18-20H2,1H3/t25-,26-,27?,28-,29-/m1/s1. The van der Waals surface area contributed by atoms with Crippen LogP contribution in [0.1, 0.15) is 78.1 Å². The average Bonchev–Trinajstić information content (AvgIpc) is 3.55. The van der Waals surface area contributed by atoms with E-state index in [9.17, 15) is 9.59 Å². The fraction of sp³-hybridized carbons (Fsp3) is 0.548. The molecule has 3 aliphatic heterocycles. The molecule has 3 fully saturated rings. The maximum Gasteiger partial charge on any atom is 0.338 e. The Morgan fingerprint density at radius 3 is 1.95 bits per heavy atom. The molecular weight excluding hydrogens is 500 g/mol. The van der Waals surface area contributed by atoms with Gasteiger partial charge in [0.1, 0.15) is 18.0 Å². The second-order valence-corrected chi connectivity index (χ2v) is 10.4. The molecule has 0 saturated carbocycles. The minimum absolute atomic E-state index is 0.183. The lowest BCUT2D eigenvalue weighted by Gasteiger charge is -2.23. The van der Waals surface area contributed by atoms with Crippen molar-refractivity contribution in [2.75, 3.05) is 19.8 Å². The van der Waals surface area contributed by atoms with E-state index >= 15 is 0 Å². The number of hydrogen-bond acceptors (Lipinski definition) is 8. The van der Waals surface area contributed by atoms with Gasteiger partial charge in [0.2, 0.25) is 0 Å². The summed E-state index contributed by atoms with van der Waals surface area (Å²) < 4.78 is 34.6. The Morgan fingerprint density at radius 2 is 1.38 bits per heavy atom. The number of esters is 2. The van der Waals surface area contributed by atoms with Gasteiger partial charge in [-0.25, -0.2) is 9.59 Å². The summed E-state index contributed by atoms with van der Waals surface area (Å²) in [5, 5.41) is 0. The zero-order valence-corrected chi connectivity index (χ0v) is 22.5. The SMILES string of the molecule is CCCCCCc1ccc(C(=O)O[C@@H]2CO[C@H]3[C@@H]2OC[C@H]3OC(=O)c2ccc(OC3CCCCO3)cc2)cc1. The molecule has 0 bridgehead atoms. The van der Waals surface area contributed by atoms with Gasteiger partial charge in [-0.1, -0.05) is 38.3 Å². The number of fused-ring (bicyclic) bond motifs is 1. The monoisotopic (exact) mass is 538 g/mol. The van der Waals surface area contributed by atoms with Gasteiger partial charge in [-0.2, -0.15) is 0 Å². The molecule has 8 heteroatoms. The molecule has 3 heterocycles. The van der Waals surface area contributed by atoms with Crippen LogP contribution in [-0.2, 0) is 30.1 Å². The lowest BCUT2D eigenvalue weighted by molar-refractivity contribution is -0.105. The van der Waals surface area contributed by atoms with Crippen LogP contribution in [0.5, 0.6) is 5.75 Å². The minimum Gasteiger partial charge on any atom is -0.465 e. The lowest BCUT2D eigenvalue weighted by atomic mass is 10.0. The van der Waals surface area contributed by atoms with Crippen LogP contribution in [-0.4, -0.2) is 62.5 Å². The molecule has 0 spiro atoms. The van der Waals surface area contributed by atoms with Crippen molar-refractivity contribution in [1.82, 2.24) is 0 Å². The number of carbonyl (C=O) groups is 2. The van der Waals surface area contributed by atoms with Crippen molar-refractivity contribution in [2.45, 2.75) is 89.0 Å². The molecule has 3 saturated heterocycles. The Labute approximate surface area is 229 Å². The molecule has 8 nitrogen and oxygen atoms in total. The molecule has 0 amide bonds. The molecule has 2 aromatic rings. The highest BCUT2D eigenvalue weighted by Gasteiger charge is 2.51. The Bertz CT molecular complexity index is 1080. The molecule has 5 rings (SSSR count). The molecule has 1 unspecified atom stereocenters. The van der Waals surface area contributed by atoms with Crippen LogP contribution in [0, 0.1) is 0 Å². The fourth-order valence-electron chi connectivity index (χ4n) is 5.23. The third-order valence-corrected chi connectivity index (χ3v) is 7.48. The molecule has 0 aromatic heterocycles. The minimum atomic E-state index is -0.579. The molecule has 5 atom stereocenters. The lowest BCUT2D eigenvalue weighted by Crippen LogP contribution is -2.36. The van der Waals surface area contributed by atoms with E-state index in [0.717, 1.165) is 32.1 Å². The van der Waals surface area contributed by atoms with Gasteiger partial charge in [0.25, 0.3) is 0 Å². The maximum absolute atomic E-state index is 12.8. The number of carbonyl (C=O) groups excluding carboxylic acids is 2. The highest BCUT2D eigenvalue weighted by molar-refractivity contribution is 5.90. The Morgan fingerprint density at radius 1 is 0.769 bits per heavy atom. The molecular formula is C31H38O8. The van der Waals surface area contributed by atoms with Crippen molar-refractivity contribution in [2.24, 2.45) is 0 Å². The van der Waals surface area contributed by atoms with E-state index in [-0.39, 0.29) is 19.5 Å². The van der Waals surface area contributed by atoms with Gasteiger partial charge in [0.15, 0.2) is 18.5 Å². The Hall–Kier alpha value is -2.94. The summed E-state index contributed by atoms with van der Waals surface area (Å²) >= 11 is 0. The van der Waals surface area contributed by atoms with E-state index in [1.54, 1.807) is 24.3 Å². The second kappa shape index (κ2) is 13.4.